The molecular formula is C10H21NO. The number of carbonyl (C=O) groups is 1. The summed E-state index contributed by atoms with van der Waals surface area (Å²) in [6.07, 6.45) is 5.19. The summed E-state index contributed by atoms with van der Waals surface area (Å²) >= 11 is 0. The van der Waals surface area contributed by atoms with Gasteiger partial charge in [0.2, 0.25) is 5.91 Å². The van der Waals surface area contributed by atoms with Gasteiger partial charge in [0, 0.05) is 12.5 Å². The highest BCUT2D eigenvalue weighted by molar-refractivity contribution is 5.75. The maximum atomic E-state index is 11.0. The smallest absolute Gasteiger partial charge is 0.219 e. The van der Waals surface area contributed by atoms with Crippen LogP contribution in [0.1, 0.15) is 52.9 Å². The second-order valence-corrected chi connectivity index (χ2v) is 3.17. The van der Waals surface area contributed by atoms with Crippen LogP contribution in [0.15, 0.2) is 0 Å². The molecule has 0 heterocycles. The maximum Gasteiger partial charge on any atom is 0.219 e. The predicted molar refractivity (Wildman–Crippen MR) is 52.0 cm³/mol. The van der Waals surface area contributed by atoms with E-state index in [0.717, 1.165) is 12.8 Å². The second-order valence-electron chi connectivity index (χ2n) is 3.17. The van der Waals surface area contributed by atoms with Crippen molar-refractivity contribution < 1.29 is 4.79 Å². The number of nitrogens with one attached hydrogen (secondary N) is 1. The minimum Gasteiger partial charge on any atom is -0.353 e. The first-order chi connectivity index (χ1) is 5.74. The standard InChI is InChI=1S/C10H21NO/c1-4-7-8-9(5-2)11-10(12)6-3/h9H,4-8H2,1-3H3,(H,11,12). The molecule has 2 heteroatoms. The van der Waals surface area contributed by atoms with E-state index in [0.29, 0.717) is 12.5 Å². The third-order valence-corrected chi connectivity index (χ3v) is 2.09. The van der Waals surface area contributed by atoms with Crippen molar-refractivity contribution in [2.75, 3.05) is 0 Å². The highest BCUT2D eigenvalue weighted by Gasteiger charge is 2.07. The molecule has 0 bridgehead atoms. The molecule has 0 fully saturated rings. The van der Waals surface area contributed by atoms with Crippen LogP contribution in [-0.4, -0.2) is 11.9 Å². The first kappa shape index (κ1) is 11.5. The van der Waals surface area contributed by atoms with Crippen LogP contribution in [0.2, 0.25) is 0 Å². The van der Waals surface area contributed by atoms with Crippen molar-refractivity contribution in [2.24, 2.45) is 0 Å². The molecule has 2 nitrogen and oxygen atoms in total. The van der Waals surface area contributed by atoms with E-state index >= 15 is 0 Å². The molecule has 0 aliphatic rings. The number of hydrogen-bond donors (Lipinski definition) is 1. The molecule has 1 amide bonds. The summed E-state index contributed by atoms with van der Waals surface area (Å²) in [7, 11) is 0. The Morgan fingerprint density at radius 1 is 1.33 bits per heavy atom. The van der Waals surface area contributed by atoms with Gasteiger partial charge in [-0.2, -0.15) is 0 Å². The van der Waals surface area contributed by atoms with E-state index in [1.807, 2.05) is 6.92 Å². The number of unbranched alkanes of at least 4 members (excludes halogenated alkanes) is 1. The molecule has 0 aromatic heterocycles. The van der Waals surface area contributed by atoms with Crippen LogP contribution in [0.25, 0.3) is 0 Å². The summed E-state index contributed by atoms with van der Waals surface area (Å²) < 4.78 is 0. The predicted octanol–water partition coefficient (Wildman–Crippen LogP) is 2.48. The largest absolute Gasteiger partial charge is 0.353 e. The zero-order chi connectivity index (χ0) is 9.40. The van der Waals surface area contributed by atoms with E-state index in [1.54, 1.807) is 0 Å². The fourth-order valence-electron chi connectivity index (χ4n) is 1.16. The van der Waals surface area contributed by atoms with Crippen molar-refractivity contribution in [1.82, 2.24) is 5.32 Å². The molecule has 0 saturated heterocycles. The van der Waals surface area contributed by atoms with Gasteiger partial charge < -0.3 is 5.32 Å². The van der Waals surface area contributed by atoms with E-state index in [1.165, 1.54) is 12.8 Å². The van der Waals surface area contributed by atoms with Crippen molar-refractivity contribution in [3.63, 3.8) is 0 Å². The fourth-order valence-corrected chi connectivity index (χ4v) is 1.16. The van der Waals surface area contributed by atoms with Crippen molar-refractivity contribution >= 4 is 5.91 Å². The summed E-state index contributed by atoms with van der Waals surface area (Å²) in [6.45, 7) is 6.19. The van der Waals surface area contributed by atoms with Crippen molar-refractivity contribution in [1.29, 1.82) is 0 Å². The molecule has 0 saturated carbocycles. The van der Waals surface area contributed by atoms with Gasteiger partial charge in [-0.1, -0.05) is 33.6 Å². The highest BCUT2D eigenvalue weighted by atomic mass is 16.1. The molecule has 0 radical (unpaired) electrons. The van der Waals surface area contributed by atoms with Gasteiger partial charge in [-0.25, -0.2) is 0 Å². The molecule has 1 atom stereocenters. The minimum absolute atomic E-state index is 0.179. The van der Waals surface area contributed by atoms with Crippen LogP contribution in [-0.2, 0) is 4.79 Å². The lowest BCUT2D eigenvalue weighted by molar-refractivity contribution is -0.121. The summed E-state index contributed by atoms with van der Waals surface area (Å²) in [5, 5.41) is 3.01. The SMILES string of the molecule is CCCCC(CC)NC(=O)CC. The summed E-state index contributed by atoms with van der Waals surface area (Å²) in [6, 6.07) is 0.400. The van der Waals surface area contributed by atoms with Crippen molar-refractivity contribution in [3.05, 3.63) is 0 Å². The topological polar surface area (TPSA) is 29.1 Å². The van der Waals surface area contributed by atoms with E-state index < -0.39 is 0 Å². The van der Waals surface area contributed by atoms with Gasteiger partial charge >= 0.3 is 0 Å². The second kappa shape index (κ2) is 7.14. The number of hydrogen-bond acceptors (Lipinski definition) is 1. The Balaban J connectivity index is 3.59. The summed E-state index contributed by atoms with van der Waals surface area (Å²) in [4.78, 5) is 11.0. The first-order valence-electron chi connectivity index (χ1n) is 5.03. The monoisotopic (exact) mass is 171 g/mol. The van der Waals surface area contributed by atoms with Crippen LogP contribution in [0.4, 0.5) is 0 Å². The van der Waals surface area contributed by atoms with Crippen LogP contribution in [0.5, 0.6) is 0 Å². The maximum absolute atomic E-state index is 11.0. The Kier molecular flexibility index (Phi) is 6.82. The molecule has 0 rings (SSSR count). The Bertz CT molecular complexity index is 123. The quantitative estimate of drug-likeness (QED) is 0.653. The number of rotatable bonds is 6. The number of carbonyl (C=O) groups excluding carboxylic acids is 1. The lowest BCUT2D eigenvalue weighted by atomic mass is 10.1. The Labute approximate surface area is 75.7 Å². The van der Waals surface area contributed by atoms with Crippen LogP contribution in [0.3, 0.4) is 0 Å². The molecule has 0 aliphatic carbocycles. The third-order valence-electron chi connectivity index (χ3n) is 2.09. The lowest BCUT2D eigenvalue weighted by Crippen LogP contribution is -2.33. The summed E-state index contributed by atoms with van der Waals surface area (Å²) in [5.74, 6) is 0.179. The number of amides is 1. The van der Waals surface area contributed by atoms with E-state index in [-0.39, 0.29) is 5.91 Å². The molecular weight excluding hydrogens is 150 g/mol. The van der Waals surface area contributed by atoms with Gasteiger partial charge in [0.1, 0.15) is 0 Å². The zero-order valence-corrected chi connectivity index (χ0v) is 8.52. The van der Waals surface area contributed by atoms with Gasteiger partial charge in [0.05, 0.1) is 0 Å². The first-order valence-corrected chi connectivity index (χ1v) is 5.03. The van der Waals surface area contributed by atoms with E-state index in [9.17, 15) is 4.79 Å². The van der Waals surface area contributed by atoms with Gasteiger partial charge in [-0.3, -0.25) is 4.79 Å². The van der Waals surface area contributed by atoms with Crippen molar-refractivity contribution in [2.45, 2.75) is 58.9 Å². The normalized spacial score (nSPS) is 12.6. The Morgan fingerprint density at radius 3 is 2.42 bits per heavy atom. The molecule has 72 valence electrons. The molecule has 0 spiro atoms. The Morgan fingerprint density at radius 2 is 2.00 bits per heavy atom. The summed E-state index contributed by atoms with van der Waals surface area (Å²) in [5.41, 5.74) is 0. The highest BCUT2D eigenvalue weighted by Crippen LogP contribution is 2.03. The molecule has 0 aromatic carbocycles. The zero-order valence-electron chi connectivity index (χ0n) is 8.52. The average molecular weight is 171 g/mol. The van der Waals surface area contributed by atoms with Gasteiger partial charge in [0.15, 0.2) is 0 Å². The average Bonchev–Trinajstić information content (AvgIpc) is 2.11. The van der Waals surface area contributed by atoms with E-state index in [4.69, 9.17) is 0 Å². The molecule has 1 N–H and O–H groups in total. The van der Waals surface area contributed by atoms with Crippen LogP contribution in [0, 0.1) is 0 Å². The van der Waals surface area contributed by atoms with Crippen molar-refractivity contribution in [3.8, 4) is 0 Å². The van der Waals surface area contributed by atoms with Gasteiger partial charge in [0.25, 0.3) is 0 Å². The molecule has 0 aromatic rings. The Hall–Kier alpha value is -0.530. The molecule has 12 heavy (non-hydrogen) atoms. The van der Waals surface area contributed by atoms with Crippen LogP contribution >= 0.6 is 0 Å². The molecule has 1 unspecified atom stereocenters. The van der Waals surface area contributed by atoms with E-state index in [2.05, 4.69) is 19.2 Å². The van der Waals surface area contributed by atoms with Gasteiger partial charge in [-0.05, 0) is 12.8 Å². The van der Waals surface area contributed by atoms with Crippen LogP contribution < -0.4 is 5.32 Å². The molecule has 0 aliphatic heterocycles. The minimum atomic E-state index is 0.179. The fraction of sp³-hybridized carbons (Fsp3) is 0.900. The third kappa shape index (κ3) is 5.16. The lowest BCUT2D eigenvalue weighted by Gasteiger charge is -2.15. The van der Waals surface area contributed by atoms with Gasteiger partial charge in [-0.15, -0.1) is 0 Å².